The maximum atomic E-state index is 6.29. The van der Waals surface area contributed by atoms with E-state index in [9.17, 15) is 0 Å². The minimum absolute atomic E-state index is 0.855. The summed E-state index contributed by atoms with van der Waals surface area (Å²) in [6.45, 7) is 0. The second kappa shape index (κ2) is 6.35. The topological polar surface area (TPSA) is 9.23 Å². The van der Waals surface area contributed by atoms with Crippen molar-refractivity contribution in [2.45, 2.75) is 0 Å². The summed E-state index contributed by atoms with van der Waals surface area (Å²) in [5, 5.41) is 9.86. The first-order chi connectivity index (χ1) is 14.3. The maximum Gasteiger partial charge on any atom is 0.128 e. The van der Waals surface area contributed by atoms with Crippen molar-refractivity contribution >= 4 is 43.1 Å². The van der Waals surface area contributed by atoms with E-state index in [1.807, 2.05) is 12.1 Å². The van der Waals surface area contributed by atoms with Gasteiger partial charge in [-0.1, -0.05) is 84.9 Å². The molecule has 0 saturated carbocycles. The molecule has 136 valence electrons. The third-order valence-electron chi connectivity index (χ3n) is 5.67. The standard InChI is InChI=1S/C28H18O/c1-3-7-25-19(5-1)9-11-21-13-15-23(17-27(21)25)29-24-16-14-22-12-10-20-6-2-4-8-26(20)28(22)18-24/h1-18H. The van der Waals surface area contributed by atoms with E-state index in [0.717, 1.165) is 11.5 Å². The molecular formula is C28H18O. The van der Waals surface area contributed by atoms with Gasteiger partial charge in [0.1, 0.15) is 11.5 Å². The average Bonchev–Trinajstić information content (AvgIpc) is 2.79. The maximum absolute atomic E-state index is 6.29. The molecule has 1 nitrogen and oxygen atoms in total. The van der Waals surface area contributed by atoms with Crippen molar-refractivity contribution < 1.29 is 4.74 Å². The Balaban J connectivity index is 1.48. The highest BCUT2D eigenvalue weighted by Crippen LogP contribution is 2.33. The van der Waals surface area contributed by atoms with Crippen molar-refractivity contribution in [3.05, 3.63) is 109 Å². The van der Waals surface area contributed by atoms with Crippen molar-refractivity contribution in [1.29, 1.82) is 0 Å². The SMILES string of the molecule is c1ccc2c(c1)ccc1ccc(Oc3ccc4ccc5ccccc5c4c3)cc12. The fraction of sp³-hybridized carbons (Fsp3) is 0. The van der Waals surface area contributed by atoms with Crippen LogP contribution in [0.5, 0.6) is 11.5 Å². The number of hydrogen-bond donors (Lipinski definition) is 0. The summed E-state index contributed by atoms with van der Waals surface area (Å²) < 4.78 is 6.29. The van der Waals surface area contributed by atoms with Gasteiger partial charge >= 0.3 is 0 Å². The molecular weight excluding hydrogens is 352 g/mol. The summed E-state index contributed by atoms with van der Waals surface area (Å²) in [5.74, 6) is 1.71. The predicted octanol–water partition coefficient (Wildman–Crippen LogP) is 8.09. The first kappa shape index (κ1) is 16.1. The van der Waals surface area contributed by atoms with Crippen LogP contribution in [0.1, 0.15) is 0 Å². The van der Waals surface area contributed by atoms with E-state index >= 15 is 0 Å². The molecule has 0 aromatic heterocycles. The molecule has 0 N–H and O–H groups in total. The number of fused-ring (bicyclic) bond motifs is 6. The fourth-order valence-corrected chi connectivity index (χ4v) is 4.23. The zero-order valence-corrected chi connectivity index (χ0v) is 15.8. The van der Waals surface area contributed by atoms with E-state index in [1.54, 1.807) is 0 Å². The Hall–Kier alpha value is -3.84. The van der Waals surface area contributed by atoms with Crippen LogP contribution >= 0.6 is 0 Å². The monoisotopic (exact) mass is 370 g/mol. The Kier molecular flexibility index (Phi) is 3.54. The molecule has 1 heteroatoms. The highest BCUT2D eigenvalue weighted by molar-refractivity contribution is 6.09. The first-order valence-corrected chi connectivity index (χ1v) is 9.86. The third kappa shape index (κ3) is 2.71. The van der Waals surface area contributed by atoms with E-state index in [-0.39, 0.29) is 0 Å². The Morgan fingerprint density at radius 3 is 1.21 bits per heavy atom. The van der Waals surface area contributed by atoms with Crippen molar-refractivity contribution in [3.8, 4) is 11.5 Å². The normalized spacial score (nSPS) is 11.4. The van der Waals surface area contributed by atoms with Gasteiger partial charge in [-0.3, -0.25) is 0 Å². The van der Waals surface area contributed by atoms with Crippen LogP contribution in [0, 0.1) is 0 Å². The molecule has 0 aliphatic rings. The van der Waals surface area contributed by atoms with Crippen LogP contribution in [0.15, 0.2) is 109 Å². The Labute approximate surface area is 168 Å². The Bertz CT molecular complexity index is 1410. The van der Waals surface area contributed by atoms with Gasteiger partial charge in [0.15, 0.2) is 0 Å². The van der Waals surface area contributed by atoms with E-state index < -0.39 is 0 Å². The van der Waals surface area contributed by atoms with Gasteiger partial charge in [-0.2, -0.15) is 0 Å². The summed E-state index contributed by atoms with van der Waals surface area (Å²) in [7, 11) is 0. The molecule has 0 aliphatic heterocycles. The summed E-state index contributed by atoms with van der Waals surface area (Å²) >= 11 is 0. The fourth-order valence-electron chi connectivity index (χ4n) is 4.23. The molecule has 0 saturated heterocycles. The second-order valence-electron chi connectivity index (χ2n) is 7.44. The lowest BCUT2D eigenvalue weighted by molar-refractivity contribution is 0.484. The van der Waals surface area contributed by atoms with E-state index in [1.165, 1.54) is 43.1 Å². The largest absolute Gasteiger partial charge is 0.457 e. The van der Waals surface area contributed by atoms with Gasteiger partial charge in [0, 0.05) is 0 Å². The average molecular weight is 370 g/mol. The van der Waals surface area contributed by atoms with Gasteiger partial charge in [0.2, 0.25) is 0 Å². The lowest BCUT2D eigenvalue weighted by Gasteiger charge is -2.10. The summed E-state index contributed by atoms with van der Waals surface area (Å²) in [6, 6.07) is 38.3. The van der Waals surface area contributed by atoms with Crippen LogP contribution in [-0.4, -0.2) is 0 Å². The molecule has 0 radical (unpaired) electrons. The van der Waals surface area contributed by atoms with Crippen molar-refractivity contribution in [2.24, 2.45) is 0 Å². The highest BCUT2D eigenvalue weighted by atomic mass is 16.5. The van der Waals surface area contributed by atoms with Crippen LogP contribution in [0.25, 0.3) is 43.1 Å². The first-order valence-electron chi connectivity index (χ1n) is 9.86. The molecule has 0 amide bonds. The van der Waals surface area contributed by atoms with Crippen molar-refractivity contribution in [3.63, 3.8) is 0 Å². The van der Waals surface area contributed by atoms with Gasteiger partial charge in [-0.05, 0) is 67.4 Å². The molecule has 0 spiro atoms. The lowest BCUT2D eigenvalue weighted by Crippen LogP contribution is -1.86. The summed E-state index contributed by atoms with van der Waals surface area (Å²) in [4.78, 5) is 0. The molecule has 6 aromatic rings. The molecule has 0 atom stereocenters. The minimum atomic E-state index is 0.855. The number of benzene rings is 6. The van der Waals surface area contributed by atoms with Crippen LogP contribution in [-0.2, 0) is 0 Å². The quantitative estimate of drug-likeness (QED) is 0.280. The number of ether oxygens (including phenoxy) is 1. The molecule has 29 heavy (non-hydrogen) atoms. The van der Waals surface area contributed by atoms with Gasteiger partial charge < -0.3 is 4.74 Å². The van der Waals surface area contributed by atoms with Crippen LogP contribution in [0.4, 0.5) is 0 Å². The van der Waals surface area contributed by atoms with Crippen molar-refractivity contribution in [2.75, 3.05) is 0 Å². The predicted molar refractivity (Wildman–Crippen MR) is 123 cm³/mol. The summed E-state index contributed by atoms with van der Waals surface area (Å²) in [5.41, 5.74) is 0. The third-order valence-corrected chi connectivity index (χ3v) is 5.67. The van der Waals surface area contributed by atoms with E-state index in [2.05, 4.69) is 97.1 Å². The Morgan fingerprint density at radius 1 is 0.345 bits per heavy atom. The molecule has 6 aromatic carbocycles. The number of rotatable bonds is 2. The van der Waals surface area contributed by atoms with E-state index in [4.69, 9.17) is 4.74 Å². The summed E-state index contributed by atoms with van der Waals surface area (Å²) in [6.07, 6.45) is 0. The zero-order chi connectivity index (χ0) is 19.2. The van der Waals surface area contributed by atoms with Crippen molar-refractivity contribution in [1.82, 2.24) is 0 Å². The van der Waals surface area contributed by atoms with Gasteiger partial charge in [-0.15, -0.1) is 0 Å². The lowest BCUT2D eigenvalue weighted by atomic mass is 10.0. The van der Waals surface area contributed by atoms with Gasteiger partial charge in [-0.25, -0.2) is 0 Å². The molecule has 0 bridgehead atoms. The smallest absolute Gasteiger partial charge is 0.128 e. The number of hydrogen-bond acceptors (Lipinski definition) is 1. The zero-order valence-electron chi connectivity index (χ0n) is 15.8. The Morgan fingerprint density at radius 2 is 0.724 bits per heavy atom. The molecule has 0 unspecified atom stereocenters. The minimum Gasteiger partial charge on any atom is -0.457 e. The van der Waals surface area contributed by atoms with Crippen LogP contribution < -0.4 is 4.74 Å². The van der Waals surface area contributed by atoms with E-state index in [0.29, 0.717) is 0 Å². The molecule has 0 aliphatic carbocycles. The highest BCUT2D eigenvalue weighted by Gasteiger charge is 2.06. The van der Waals surface area contributed by atoms with Gasteiger partial charge in [0.05, 0.1) is 0 Å². The molecule has 0 fully saturated rings. The van der Waals surface area contributed by atoms with Crippen LogP contribution in [0.3, 0.4) is 0 Å². The van der Waals surface area contributed by atoms with Crippen LogP contribution in [0.2, 0.25) is 0 Å². The van der Waals surface area contributed by atoms with Gasteiger partial charge in [0.25, 0.3) is 0 Å². The second-order valence-corrected chi connectivity index (χ2v) is 7.44. The molecule has 6 rings (SSSR count). The molecule has 0 heterocycles.